The molecule has 0 saturated heterocycles. The van der Waals surface area contributed by atoms with Crippen molar-refractivity contribution in [3.8, 4) is 6.07 Å². The predicted octanol–water partition coefficient (Wildman–Crippen LogP) is 3.29. The molecule has 7 heteroatoms. The van der Waals surface area contributed by atoms with Gasteiger partial charge in [0, 0.05) is 0 Å². The molecule has 0 amide bonds. The number of nitrogens with two attached hydrogens (primary N) is 1. The average molecular weight is 294 g/mol. The van der Waals surface area contributed by atoms with Crippen LogP contribution in [0.25, 0.3) is 0 Å². The second kappa shape index (κ2) is 5.76. The number of rotatable bonds is 3. The maximum absolute atomic E-state index is 9.01. The Labute approximate surface area is 119 Å². The molecule has 4 N–H and O–H groups in total. The fourth-order valence-electron chi connectivity index (χ4n) is 1.47. The van der Waals surface area contributed by atoms with Gasteiger partial charge < -0.3 is 10.7 Å². The molecule has 0 spiro atoms. The second-order valence-corrected chi connectivity index (χ2v) is 4.39. The molecule has 1 aromatic carbocycles. The highest BCUT2D eigenvalue weighted by Gasteiger charge is 2.10. The Bertz CT molecular complexity index is 651. The van der Waals surface area contributed by atoms with Crippen molar-refractivity contribution in [1.82, 2.24) is 4.98 Å². The van der Waals surface area contributed by atoms with Gasteiger partial charge in [-0.3, -0.25) is 0 Å². The molecule has 0 saturated carbocycles. The highest BCUT2D eigenvalue weighted by Crippen LogP contribution is 2.31. The lowest BCUT2D eigenvalue weighted by atomic mass is 10.2. The van der Waals surface area contributed by atoms with Gasteiger partial charge in [-0.1, -0.05) is 35.3 Å². The van der Waals surface area contributed by atoms with E-state index in [0.29, 0.717) is 32.9 Å². The van der Waals surface area contributed by atoms with Gasteiger partial charge in [-0.05, 0) is 18.2 Å². The van der Waals surface area contributed by atoms with E-state index >= 15 is 0 Å². The number of para-hydroxylation sites is 1. The first-order valence-electron chi connectivity index (χ1n) is 5.24. The molecule has 19 heavy (non-hydrogen) atoms. The van der Waals surface area contributed by atoms with Gasteiger partial charge in [0.25, 0.3) is 0 Å². The predicted molar refractivity (Wildman–Crippen MR) is 76.5 cm³/mol. The molecule has 0 fully saturated rings. The van der Waals surface area contributed by atoms with Crippen molar-refractivity contribution in [2.24, 2.45) is 5.84 Å². The van der Waals surface area contributed by atoms with Crippen LogP contribution in [-0.4, -0.2) is 4.98 Å². The Balaban J connectivity index is 2.41. The number of nitriles is 1. The molecular formula is C12H9Cl2N5. The molecule has 1 aromatic heterocycles. The molecule has 0 bridgehead atoms. The van der Waals surface area contributed by atoms with Gasteiger partial charge in [0.15, 0.2) is 11.6 Å². The summed E-state index contributed by atoms with van der Waals surface area (Å²) in [5, 5.41) is 12.6. The van der Waals surface area contributed by atoms with Crippen molar-refractivity contribution < 1.29 is 0 Å². The Kier molecular flexibility index (Phi) is 4.07. The zero-order chi connectivity index (χ0) is 13.8. The Morgan fingerprint density at radius 2 is 1.84 bits per heavy atom. The normalized spacial score (nSPS) is 9.79. The summed E-state index contributed by atoms with van der Waals surface area (Å²) < 4.78 is 0. The largest absolute Gasteiger partial charge is 0.338 e. The van der Waals surface area contributed by atoms with E-state index in [1.165, 1.54) is 6.07 Å². The van der Waals surface area contributed by atoms with Crippen molar-refractivity contribution in [3.05, 3.63) is 45.9 Å². The van der Waals surface area contributed by atoms with E-state index in [0.717, 1.165) is 0 Å². The molecule has 0 aliphatic carbocycles. The summed E-state index contributed by atoms with van der Waals surface area (Å²) in [7, 11) is 0. The SMILES string of the molecule is N#Cc1ccccc1Nc1nc(NN)c(Cl)cc1Cl. The van der Waals surface area contributed by atoms with E-state index in [4.69, 9.17) is 34.3 Å². The van der Waals surface area contributed by atoms with E-state index in [1.807, 2.05) is 0 Å². The van der Waals surface area contributed by atoms with Gasteiger partial charge in [0.1, 0.15) is 6.07 Å². The van der Waals surface area contributed by atoms with E-state index in [2.05, 4.69) is 21.8 Å². The lowest BCUT2D eigenvalue weighted by molar-refractivity contribution is 1.22. The highest BCUT2D eigenvalue weighted by molar-refractivity contribution is 6.37. The number of anilines is 3. The fourth-order valence-corrected chi connectivity index (χ4v) is 1.93. The van der Waals surface area contributed by atoms with Crippen LogP contribution in [0.2, 0.25) is 10.0 Å². The summed E-state index contributed by atoms with van der Waals surface area (Å²) in [6.07, 6.45) is 0. The summed E-state index contributed by atoms with van der Waals surface area (Å²) in [6.45, 7) is 0. The maximum atomic E-state index is 9.01. The van der Waals surface area contributed by atoms with Crippen LogP contribution in [-0.2, 0) is 0 Å². The Morgan fingerprint density at radius 1 is 1.16 bits per heavy atom. The number of halogens is 2. The van der Waals surface area contributed by atoms with Crippen molar-refractivity contribution >= 4 is 40.5 Å². The second-order valence-electron chi connectivity index (χ2n) is 3.58. The Hall–Kier alpha value is -2.00. The number of nitrogens with one attached hydrogen (secondary N) is 2. The zero-order valence-electron chi connectivity index (χ0n) is 9.61. The first-order valence-corrected chi connectivity index (χ1v) is 6.00. The quantitative estimate of drug-likeness (QED) is 0.597. The van der Waals surface area contributed by atoms with Gasteiger partial charge >= 0.3 is 0 Å². The van der Waals surface area contributed by atoms with Gasteiger partial charge in [0.05, 0.1) is 21.3 Å². The third-order valence-corrected chi connectivity index (χ3v) is 2.94. The van der Waals surface area contributed by atoms with Crippen LogP contribution in [0.4, 0.5) is 17.3 Å². The number of hydrogen-bond acceptors (Lipinski definition) is 5. The van der Waals surface area contributed by atoms with Gasteiger partial charge in [0.2, 0.25) is 0 Å². The van der Waals surface area contributed by atoms with Crippen LogP contribution in [0.15, 0.2) is 30.3 Å². The first kappa shape index (κ1) is 13.4. The van der Waals surface area contributed by atoms with E-state index in [-0.39, 0.29) is 0 Å². The molecule has 96 valence electrons. The standard InChI is InChI=1S/C12H9Cl2N5/c13-8-5-9(14)12(19-16)18-11(8)17-10-4-2-1-3-7(10)6-15/h1-5H,16H2,(H2,17,18,19). The summed E-state index contributed by atoms with van der Waals surface area (Å²) in [5.41, 5.74) is 3.46. The van der Waals surface area contributed by atoms with Crippen molar-refractivity contribution in [1.29, 1.82) is 5.26 Å². The third-order valence-electron chi connectivity index (χ3n) is 2.37. The zero-order valence-corrected chi connectivity index (χ0v) is 11.1. The topological polar surface area (TPSA) is 86.8 Å². The Morgan fingerprint density at radius 3 is 2.53 bits per heavy atom. The minimum absolute atomic E-state index is 0.294. The molecular weight excluding hydrogens is 285 g/mol. The molecule has 0 unspecified atom stereocenters. The van der Waals surface area contributed by atoms with Crippen LogP contribution < -0.4 is 16.6 Å². The maximum Gasteiger partial charge on any atom is 0.161 e. The van der Waals surface area contributed by atoms with Crippen LogP contribution >= 0.6 is 23.2 Å². The summed E-state index contributed by atoms with van der Waals surface area (Å²) in [5.74, 6) is 5.96. The fraction of sp³-hybridized carbons (Fsp3) is 0. The lowest BCUT2D eigenvalue weighted by Gasteiger charge is -2.11. The van der Waals surface area contributed by atoms with Crippen LogP contribution in [0.3, 0.4) is 0 Å². The number of pyridine rings is 1. The van der Waals surface area contributed by atoms with Gasteiger partial charge in [-0.2, -0.15) is 5.26 Å². The number of aromatic nitrogens is 1. The van der Waals surface area contributed by atoms with Crippen molar-refractivity contribution in [2.45, 2.75) is 0 Å². The van der Waals surface area contributed by atoms with Crippen LogP contribution in [0, 0.1) is 11.3 Å². The smallest absolute Gasteiger partial charge is 0.161 e. The minimum Gasteiger partial charge on any atom is -0.338 e. The average Bonchev–Trinajstić information content (AvgIpc) is 2.42. The number of hydrogen-bond donors (Lipinski definition) is 3. The molecule has 1 heterocycles. The number of nitrogen functional groups attached to an aromatic ring is 1. The molecule has 0 aliphatic rings. The molecule has 5 nitrogen and oxygen atoms in total. The van der Waals surface area contributed by atoms with E-state index in [9.17, 15) is 0 Å². The van der Waals surface area contributed by atoms with Crippen molar-refractivity contribution in [2.75, 3.05) is 10.7 Å². The number of hydrazine groups is 1. The molecule has 2 aromatic rings. The first-order chi connectivity index (χ1) is 9.15. The van der Waals surface area contributed by atoms with E-state index < -0.39 is 0 Å². The molecule has 2 rings (SSSR count). The molecule has 0 aliphatic heterocycles. The third kappa shape index (κ3) is 2.88. The van der Waals surface area contributed by atoms with Crippen LogP contribution in [0.5, 0.6) is 0 Å². The summed E-state index contributed by atoms with van der Waals surface area (Å²) in [4.78, 5) is 4.14. The lowest BCUT2D eigenvalue weighted by Crippen LogP contribution is -2.10. The van der Waals surface area contributed by atoms with Gasteiger partial charge in [-0.15, -0.1) is 0 Å². The minimum atomic E-state index is 0.294. The number of benzene rings is 1. The van der Waals surface area contributed by atoms with Gasteiger partial charge in [-0.25, -0.2) is 10.8 Å². The molecule has 0 atom stereocenters. The van der Waals surface area contributed by atoms with E-state index in [1.54, 1.807) is 24.3 Å². The summed E-state index contributed by atoms with van der Waals surface area (Å²) in [6, 6.07) is 10.6. The van der Waals surface area contributed by atoms with Crippen LogP contribution in [0.1, 0.15) is 5.56 Å². The number of nitrogens with zero attached hydrogens (tertiary/aromatic N) is 2. The monoisotopic (exact) mass is 293 g/mol. The highest BCUT2D eigenvalue weighted by atomic mass is 35.5. The summed E-state index contributed by atoms with van der Waals surface area (Å²) >= 11 is 11.9. The molecule has 0 radical (unpaired) electrons. The van der Waals surface area contributed by atoms with Crippen molar-refractivity contribution in [3.63, 3.8) is 0 Å².